The van der Waals surface area contributed by atoms with Gasteiger partial charge >= 0.3 is 0 Å². The number of benzene rings is 2. The van der Waals surface area contributed by atoms with Gasteiger partial charge in [0.25, 0.3) is 5.91 Å². The van der Waals surface area contributed by atoms with E-state index >= 15 is 0 Å². The van der Waals surface area contributed by atoms with Gasteiger partial charge in [0.15, 0.2) is 0 Å². The molecular formula is C22H26ClN4O+. The van der Waals surface area contributed by atoms with Crippen LogP contribution in [0.15, 0.2) is 48.5 Å². The molecule has 0 saturated heterocycles. The Balaban J connectivity index is 2.03. The first-order valence-electron chi connectivity index (χ1n) is 9.36. The van der Waals surface area contributed by atoms with Crippen molar-refractivity contribution in [3.63, 3.8) is 0 Å². The fourth-order valence-electron chi connectivity index (χ4n) is 2.91. The first-order chi connectivity index (χ1) is 13.4. The van der Waals surface area contributed by atoms with Crippen LogP contribution in [0.25, 0.3) is 16.9 Å². The van der Waals surface area contributed by atoms with Gasteiger partial charge in [0.05, 0.1) is 43.6 Å². The summed E-state index contributed by atoms with van der Waals surface area (Å²) in [5, 5.41) is 8.24. The van der Waals surface area contributed by atoms with Gasteiger partial charge in [-0.15, -0.1) is 0 Å². The number of aromatic nitrogens is 2. The van der Waals surface area contributed by atoms with E-state index in [1.165, 1.54) is 16.0 Å². The third kappa shape index (κ3) is 4.43. The number of quaternary nitrogens is 1. The highest BCUT2D eigenvalue weighted by Crippen LogP contribution is 2.26. The van der Waals surface area contributed by atoms with Crippen molar-refractivity contribution in [1.29, 1.82) is 0 Å². The summed E-state index contributed by atoms with van der Waals surface area (Å²) >= 11 is 6.39. The van der Waals surface area contributed by atoms with Crippen LogP contribution in [0, 0.1) is 13.8 Å². The van der Waals surface area contributed by atoms with E-state index in [9.17, 15) is 4.79 Å². The molecule has 0 aliphatic carbocycles. The molecule has 0 spiro atoms. The molecule has 6 heteroatoms. The van der Waals surface area contributed by atoms with E-state index in [1.807, 2.05) is 30.3 Å². The standard InChI is InChI=1S/C22H25ClN4O/c1-15-9-10-17(13-16(15)2)19-14-21(22(28)24-11-12-26(3)4)27(25-19)20-8-6-5-7-18(20)23/h5-10,13-14H,11-12H2,1-4H3,(H,24,28)/p+1. The topological polar surface area (TPSA) is 51.4 Å². The number of amides is 1. The number of carbonyl (C=O) groups is 1. The van der Waals surface area contributed by atoms with Crippen molar-refractivity contribution >= 4 is 17.5 Å². The molecule has 146 valence electrons. The van der Waals surface area contributed by atoms with Gasteiger partial charge < -0.3 is 10.2 Å². The van der Waals surface area contributed by atoms with Crippen LogP contribution in [0.4, 0.5) is 0 Å². The summed E-state index contributed by atoms with van der Waals surface area (Å²) in [7, 11) is 4.11. The van der Waals surface area contributed by atoms with Gasteiger partial charge in [0.2, 0.25) is 0 Å². The Kier molecular flexibility index (Phi) is 6.17. The molecule has 3 aromatic rings. The van der Waals surface area contributed by atoms with E-state index in [2.05, 4.69) is 45.4 Å². The zero-order chi connectivity index (χ0) is 20.3. The van der Waals surface area contributed by atoms with Gasteiger partial charge in [-0.05, 0) is 49.2 Å². The molecule has 1 aromatic heterocycles. The van der Waals surface area contributed by atoms with Crippen LogP contribution in [-0.2, 0) is 0 Å². The molecule has 2 N–H and O–H groups in total. The van der Waals surface area contributed by atoms with Gasteiger partial charge in [-0.25, -0.2) is 4.68 Å². The normalized spacial score (nSPS) is 11.1. The molecular weight excluding hydrogens is 372 g/mol. The maximum Gasteiger partial charge on any atom is 0.270 e. The zero-order valence-corrected chi connectivity index (χ0v) is 17.5. The van der Waals surface area contributed by atoms with Crippen molar-refractivity contribution in [1.82, 2.24) is 15.1 Å². The van der Waals surface area contributed by atoms with E-state index in [4.69, 9.17) is 16.7 Å². The highest BCUT2D eigenvalue weighted by Gasteiger charge is 2.19. The molecule has 0 unspecified atom stereocenters. The third-order valence-corrected chi connectivity index (χ3v) is 5.06. The van der Waals surface area contributed by atoms with Crippen LogP contribution < -0.4 is 10.2 Å². The minimum absolute atomic E-state index is 0.163. The Labute approximate surface area is 170 Å². The lowest BCUT2D eigenvalue weighted by molar-refractivity contribution is -0.856. The fourth-order valence-corrected chi connectivity index (χ4v) is 3.12. The van der Waals surface area contributed by atoms with Crippen LogP contribution in [0.5, 0.6) is 0 Å². The van der Waals surface area contributed by atoms with E-state index in [0.717, 1.165) is 17.8 Å². The lowest BCUT2D eigenvalue weighted by atomic mass is 10.0. The molecule has 1 amide bonds. The van der Waals surface area contributed by atoms with Crippen LogP contribution in [0.2, 0.25) is 5.02 Å². The van der Waals surface area contributed by atoms with Crippen molar-refractivity contribution < 1.29 is 9.69 Å². The molecule has 0 aliphatic heterocycles. The SMILES string of the molecule is Cc1ccc(-c2cc(C(=O)NCC[NH+](C)C)n(-c3ccccc3Cl)n2)cc1C. The summed E-state index contributed by atoms with van der Waals surface area (Å²) in [6, 6.07) is 15.4. The number of hydrogen-bond donors (Lipinski definition) is 2. The van der Waals surface area contributed by atoms with Gasteiger partial charge in [-0.3, -0.25) is 4.79 Å². The predicted molar refractivity (Wildman–Crippen MR) is 113 cm³/mol. The first kappa shape index (κ1) is 20.1. The molecule has 0 bridgehead atoms. The van der Waals surface area contributed by atoms with Crippen molar-refractivity contribution in [2.45, 2.75) is 13.8 Å². The number of hydrogen-bond acceptors (Lipinski definition) is 2. The van der Waals surface area contributed by atoms with Crippen LogP contribution in [0.1, 0.15) is 21.6 Å². The summed E-state index contributed by atoms with van der Waals surface area (Å²) in [5.41, 5.74) is 5.27. The van der Waals surface area contributed by atoms with E-state index in [-0.39, 0.29) is 5.91 Å². The molecule has 0 saturated carbocycles. The number of aryl methyl sites for hydroxylation is 2. The fraction of sp³-hybridized carbons (Fsp3) is 0.273. The van der Waals surface area contributed by atoms with E-state index < -0.39 is 0 Å². The second kappa shape index (κ2) is 8.59. The van der Waals surface area contributed by atoms with Gasteiger partial charge in [0.1, 0.15) is 5.69 Å². The minimum Gasteiger partial charge on any atom is -0.345 e. The maximum atomic E-state index is 12.9. The van der Waals surface area contributed by atoms with Gasteiger partial charge in [-0.1, -0.05) is 35.9 Å². The Hall–Kier alpha value is -2.63. The van der Waals surface area contributed by atoms with Crippen LogP contribution in [0.3, 0.4) is 0 Å². The quantitative estimate of drug-likeness (QED) is 0.672. The summed E-state index contributed by atoms with van der Waals surface area (Å²) in [4.78, 5) is 14.1. The van der Waals surface area contributed by atoms with Crippen molar-refractivity contribution in [2.75, 3.05) is 27.2 Å². The number of nitrogens with zero attached hydrogens (tertiary/aromatic N) is 2. The molecule has 28 heavy (non-hydrogen) atoms. The average molecular weight is 398 g/mol. The summed E-state index contributed by atoms with van der Waals surface area (Å²) in [6.07, 6.45) is 0. The molecule has 0 fully saturated rings. The zero-order valence-electron chi connectivity index (χ0n) is 16.7. The molecule has 3 rings (SSSR count). The number of para-hydroxylation sites is 1. The second-order valence-corrected chi connectivity index (χ2v) is 7.70. The number of nitrogens with one attached hydrogen (secondary N) is 2. The van der Waals surface area contributed by atoms with E-state index in [0.29, 0.717) is 22.9 Å². The van der Waals surface area contributed by atoms with Crippen LogP contribution >= 0.6 is 11.6 Å². The van der Waals surface area contributed by atoms with Crippen LogP contribution in [-0.4, -0.2) is 42.9 Å². The van der Waals surface area contributed by atoms with Crippen molar-refractivity contribution in [3.05, 3.63) is 70.4 Å². The molecule has 1 heterocycles. The lowest BCUT2D eigenvalue weighted by Gasteiger charge is -2.10. The molecule has 0 aliphatic rings. The highest BCUT2D eigenvalue weighted by molar-refractivity contribution is 6.32. The number of rotatable bonds is 6. The molecule has 5 nitrogen and oxygen atoms in total. The lowest BCUT2D eigenvalue weighted by Crippen LogP contribution is -3.06. The third-order valence-electron chi connectivity index (χ3n) is 4.74. The Morgan fingerprint density at radius 2 is 1.86 bits per heavy atom. The Bertz CT molecular complexity index is 994. The Morgan fingerprint density at radius 3 is 2.54 bits per heavy atom. The molecule has 0 radical (unpaired) electrons. The number of carbonyl (C=O) groups excluding carboxylic acids is 1. The van der Waals surface area contributed by atoms with E-state index in [1.54, 1.807) is 10.7 Å². The summed E-state index contributed by atoms with van der Waals surface area (Å²) < 4.78 is 1.63. The smallest absolute Gasteiger partial charge is 0.270 e. The first-order valence-corrected chi connectivity index (χ1v) is 9.74. The van der Waals surface area contributed by atoms with Gasteiger partial charge in [-0.2, -0.15) is 5.10 Å². The maximum absolute atomic E-state index is 12.9. The monoisotopic (exact) mass is 397 g/mol. The summed E-state index contributed by atoms with van der Waals surface area (Å²) in [6.45, 7) is 5.58. The Morgan fingerprint density at radius 1 is 1.11 bits per heavy atom. The minimum atomic E-state index is -0.163. The van der Waals surface area contributed by atoms with Crippen molar-refractivity contribution in [2.24, 2.45) is 0 Å². The summed E-state index contributed by atoms with van der Waals surface area (Å²) in [5.74, 6) is -0.163. The number of halogens is 1. The second-order valence-electron chi connectivity index (χ2n) is 7.29. The molecule has 0 atom stereocenters. The highest BCUT2D eigenvalue weighted by atomic mass is 35.5. The molecule has 2 aromatic carbocycles. The number of likely N-dealkylation sites (N-methyl/N-ethyl adjacent to an activating group) is 1. The van der Waals surface area contributed by atoms with Gasteiger partial charge in [0, 0.05) is 5.56 Å². The largest absolute Gasteiger partial charge is 0.345 e. The van der Waals surface area contributed by atoms with Crippen molar-refractivity contribution in [3.8, 4) is 16.9 Å². The predicted octanol–water partition coefficient (Wildman–Crippen LogP) is 2.68. The average Bonchev–Trinajstić information content (AvgIpc) is 3.09.